The predicted molar refractivity (Wildman–Crippen MR) is 403 cm³/mol. The van der Waals surface area contributed by atoms with Crippen LogP contribution >= 0.6 is 0 Å². The van der Waals surface area contributed by atoms with Crippen LogP contribution in [0.5, 0.6) is 0 Å². The second kappa shape index (κ2) is 27.3. The van der Waals surface area contributed by atoms with Gasteiger partial charge in [-0.15, -0.1) is 0 Å². The summed E-state index contributed by atoms with van der Waals surface area (Å²) in [6.45, 7) is 2.29. The molecule has 0 saturated carbocycles. The van der Waals surface area contributed by atoms with Gasteiger partial charge in [-0.3, -0.25) is 0 Å². The zero-order valence-electron chi connectivity index (χ0n) is 53.0. The molecule has 1 unspecified atom stereocenters. The van der Waals surface area contributed by atoms with Crippen molar-refractivity contribution in [1.82, 2.24) is 0 Å². The molecule has 0 heterocycles. The predicted octanol–water partition coefficient (Wildman–Crippen LogP) is 25.7. The van der Waals surface area contributed by atoms with Gasteiger partial charge in [-0.25, -0.2) is 0 Å². The Morgan fingerprint density at radius 3 is 0.568 bits per heavy atom. The lowest BCUT2D eigenvalue weighted by atomic mass is 9.97. The molecule has 14 aromatic rings. The highest BCUT2D eigenvalue weighted by atomic mass is 15.2. The van der Waals surface area contributed by atoms with E-state index in [0.29, 0.717) is 5.92 Å². The Morgan fingerprint density at radius 2 is 0.358 bits per heavy atom. The summed E-state index contributed by atoms with van der Waals surface area (Å²) in [5.74, 6) is 0.466. The van der Waals surface area contributed by atoms with E-state index in [1.807, 2.05) is 0 Å². The molecule has 4 nitrogen and oxygen atoms in total. The van der Waals surface area contributed by atoms with Crippen molar-refractivity contribution in [3.63, 3.8) is 0 Å². The quantitative estimate of drug-likeness (QED) is 0.0849. The number of para-hydroxylation sites is 3. The first kappa shape index (κ1) is 59.1. The first-order valence-electron chi connectivity index (χ1n) is 32.8. The summed E-state index contributed by atoms with van der Waals surface area (Å²) < 4.78 is 0. The highest BCUT2D eigenvalue weighted by molar-refractivity contribution is 5.85. The largest absolute Gasteiger partial charge is 0.314 e. The molecule has 14 aromatic carbocycles. The van der Waals surface area contributed by atoms with Crippen molar-refractivity contribution in [1.29, 1.82) is 0 Å². The van der Waals surface area contributed by atoms with Crippen LogP contribution in [-0.2, 0) is 0 Å². The Bertz CT molecular complexity index is 4870. The van der Waals surface area contributed by atoms with Gasteiger partial charge in [-0.05, 0) is 219 Å². The Labute approximate surface area is 558 Å². The Hall–Kier alpha value is -12.2. The molecule has 0 radical (unpaired) electrons. The summed E-state index contributed by atoms with van der Waals surface area (Å²) in [5.41, 5.74) is 27.6. The van der Waals surface area contributed by atoms with Gasteiger partial charge < -0.3 is 19.6 Å². The van der Waals surface area contributed by atoms with Crippen molar-refractivity contribution in [3.8, 4) is 66.8 Å². The smallest absolute Gasteiger partial charge is 0.0462 e. The van der Waals surface area contributed by atoms with Crippen LogP contribution in [-0.4, -0.2) is 0 Å². The van der Waals surface area contributed by atoms with Gasteiger partial charge in [0.1, 0.15) is 0 Å². The highest BCUT2D eigenvalue weighted by Crippen LogP contribution is 2.43. The van der Waals surface area contributed by atoms with E-state index >= 15 is 0 Å². The Kier molecular flexibility index (Phi) is 17.0. The molecule has 0 saturated heterocycles. The van der Waals surface area contributed by atoms with Crippen LogP contribution < -0.4 is 19.6 Å². The van der Waals surface area contributed by atoms with E-state index in [1.54, 1.807) is 0 Å². The molecule has 95 heavy (non-hydrogen) atoms. The fourth-order valence-corrected chi connectivity index (χ4v) is 13.1. The summed E-state index contributed by atoms with van der Waals surface area (Å²) in [6, 6.07) is 133. The lowest BCUT2D eigenvalue weighted by molar-refractivity contribution is 0.696. The van der Waals surface area contributed by atoms with Crippen LogP contribution in [0.1, 0.15) is 13.3 Å². The van der Waals surface area contributed by atoms with Crippen LogP contribution in [0.25, 0.3) is 66.8 Å². The van der Waals surface area contributed by atoms with Gasteiger partial charge >= 0.3 is 0 Å². The van der Waals surface area contributed by atoms with Crippen LogP contribution in [0.15, 0.2) is 394 Å². The molecule has 15 rings (SSSR count). The van der Waals surface area contributed by atoms with Gasteiger partial charge in [-0.2, -0.15) is 0 Å². The molecule has 0 bridgehead atoms. The van der Waals surface area contributed by atoms with E-state index < -0.39 is 0 Å². The van der Waals surface area contributed by atoms with Gasteiger partial charge in [0.2, 0.25) is 0 Å². The zero-order valence-corrected chi connectivity index (χ0v) is 53.0. The van der Waals surface area contributed by atoms with Crippen molar-refractivity contribution in [2.75, 3.05) is 19.6 Å². The molecular formula is C91H70N4. The van der Waals surface area contributed by atoms with E-state index in [4.69, 9.17) is 0 Å². The molecule has 0 spiro atoms. The standard InChI is InChI=1S/C91H70N4/c1-67-18-17-29-91(66-67)95(89-62-36-73(37-63-89)69-21-9-3-10-22-69)90-64-48-79(49-65-90)78-46-60-88(61-47-78)94(82-27-15-6-16-28-82)85-54-40-75(41-55-85)71-32-30-70(31-33-71)74-38-52-84(53-39-74)93(81-25-13-5-14-26-81)87-58-44-77(45-59-87)76-42-56-86(57-43-76)92(80-23-11-4-12-24-80)83-50-34-72(35-51-83)68-19-7-2-8-20-68/h2-65,67H,66H2,1H3. The number of rotatable bonds is 18. The number of hydrogen-bond donors (Lipinski definition) is 0. The van der Waals surface area contributed by atoms with Crippen LogP contribution in [0, 0.1) is 5.92 Å². The summed E-state index contributed by atoms with van der Waals surface area (Å²) in [7, 11) is 0. The van der Waals surface area contributed by atoms with Gasteiger partial charge in [0, 0.05) is 68.3 Å². The average Bonchev–Trinajstić information content (AvgIpc) is 0.945. The third kappa shape index (κ3) is 13.0. The topological polar surface area (TPSA) is 13.0 Å². The fourth-order valence-electron chi connectivity index (χ4n) is 13.1. The molecule has 4 heteroatoms. The van der Waals surface area contributed by atoms with Gasteiger partial charge in [0.15, 0.2) is 0 Å². The van der Waals surface area contributed by atoms with Crippen LogP contribution in [0.2, 0.25) is 0 Å². The molecule has 1 aliphatic rings. The van der Waals surface area contributed by atoms with E-state index in [-0.39, 0.29) is 0 Å². The van der Waals surface area contributed by atoms with Crippen molar-refractivity contribution in [2.45, 2.75) is 13.3 Å². The molecule has 0 fully saturated rings. The number of anilines is 11. The zero-order chi connectivity index (χ0) is 63.7. The summed E-state index contributed by atoms with van der Waals surface area (Å²) in [6.07, 6.45) is 7.72. The van der Waals surface area contributed by atoms with E-state index in [2.05, 4.69) is 415 Å². The second-order valence-electron chi connectivity index (χ2n) is 24.3. The van der Waals surface area contributed by atoms with Crippen LogP contribution in [0.3, 0.4) is 0 Å². The monoisotopic (exact) mass is 1220 g/mol. The first-order valence-corrected chi connectivity index (χ1v) is 32.8. The third-order valence-electron chi connectivity index (χ3n) is 18.0. The summed E-state index contributed by atoms with van der Waals surface area (Å²) >= 11 is 0. The lowest BCUT2D eigenvalue weighted by Crippen LogP contribution is -2.19. The van der Waals surface area contributed by atoms with Gasteiger partial charge in [0.05, 0.1) is 0 Å². The van der Waals surface area contributed by atoms with Crippen LogP contribution in [0.4, 0.5) is 62.6 Å². The highest BCUT2D eigenvalue weighted by Gasteiger charge is 2.21. The second-order valence-corrected chi connectivity index (χ2v) is 24.3. The number of benzene rings is 14. The molecule has 0 amide bonds. The Balaban J connectivity index is 0.628. The summed E-state index contributed by atoms with van der Waals surface area (Å²) in [4.78, 5) is 9.39. The maximum Gasteiger partial charge on any atom is 0.0462 e. The number of hydrogen-bond acceptors (Lipinski definition) is 4. The molecule has 0 aliphatic heterocycles. The SMILES string of the molecule is CC1C=CC=C(N(c2ccc(-c3ccccc3)cc2)c2ccc(-c3ccc(N(c4ccccc4)c4ccc(-c5ccc(-c6ccc(N(c7ccccc7)c7ccc(-c8ccc(N(c9ccccc9)c9ccc(-c%10ccccc%10)cc9)cc8)cc7)cc6)cc5)cc4)cc3)cc2)C1. The van der Waals surface area contributed by atoms with Crippen molar-refractivity contribution in [3.05, 3.63) is 394 Å². The van der Waals surface area contributed by atoms with E-state index in [1.165, 1.54) is 44.6 Å². The lowest BCUT2D eigenvalue weighted by Gasteiger charge is -2.30. The molecule has 0 aromatic heterocycles. The normalized spacial score (nSPS) is 12.6. The average molecular weight is 1220 g/mol. The first-order chi connectivity index (χ1) is 47.0. The molecular weight excluding hydrogens is 1150 g/mol. The minimum absolute atomic E-state index is 0.466. The molecule has 1 aliphatic carbocycles. The molecule has 454 valence electrons. The maximum atomic E-state index is 2.41. The van der Waals surface area contributed by atoms with Crippen molar-refractivity contribution < 1.29 is 0 Å². The Morgan fingerprint density at radius 1 is 0.189 bits per heavy atom. The molecule has 1 atom stereocenters. The number of allylic oxidation sites excluding steroid dienone is 4. The van der Waals surface area contributed by atoms with Gasteiger partial charge in [-0.1, -0.05) is 256 Å². The van der Waals surface area contributed by atoms with Gasteiger partial charge in [0.25, 0.3) is 0 Å². The summed E-state index contributed by atoms with van der Waals surface area (Å²) in [5, 5.41) is 0. The fraction of sp³-hybridized carbons (Fsp3) is 0.0330. The van der Waals surface area contributed by atoms with Crippen molar-refractivity contribution >= 4 is 62.6 Å². The molecule has 0 N–H and O–H groups in total. The maximum absolute atomic E-state index is 2.41. The third-order valence-corrected chi connectivity index (χ3v) is 18.0. The van der Waals surface area contributed by atoms with Crippen molar-refractivity contribution in [2.24, 2.45) is 5.92 Å². The van der Waals surface area contributed by atoms with E-state index in [0.717, 1.165) is 96.8 Å². The minimum Gasteiger partial charge on any atom is -0.314 e. The minimum atomic E-state index is 0.466. The number of nitrogens with zero attached hydrogens (tertiary/aromatic N) is 4. The van der Waals surface area contributed by atoms with E-state index in [9.17, 15) is 0 Å².